The summed E-state index contributed by atoms with van der Waals surface area (Å²) in [4.78, 5) is 2.26. The van der Waals surface area contributed by atoms with Crippen molar-refractivity contribution in [2.24, 2.45) is 11.1 Å². The second-order valence-electron chi connectivity index (χ2n) is 5.28. The SMILES string of the molecule is Cc1ccccc1C(N(C)C)C1(CN)COC1. The number of ether oxygens (including phenoxy) is 1. The van der Waals surface area contributed by atoms with Crippen molar-refractivity contribution < 1.29 is 4.74 Å². The van der Waals surface area contributed by atoms with E-state index in [1.165, 1.54) is 11.1 Å². The fourth-order valence-corrected chi connectivity index (χ4v) is 2.80. The molecule has 0 radical (unpaired) electrons. The Bertz CT molecular complexity index is 380. The summed E-state index contributed by atoms with van der Waals surface area (Å²) < 4.78 is 5.41. The monoisotopic (exact) mass is 234 g/mol. The van der Waals surface area contributed by atoms with E-state index in [2.05, 4.69) is 50.2 Å². The molecule has 1 atom stereocenters. The highest BCUT2D eigenvalue weighted by atomic mass is 16.5. The van der Waals surface area contributed by atoms with Crippen LogP contribution in [0.2, 0.25) is 0 Å². The van der Waals surface area contributed by atoms with Gasteiger partial charge < -0.3 is 15.4 Å². The van der Waals surface area contributed by atoms with Crippen molar-refractivity contribution in [2.45, 2.75) is 13.0 Å². The van der Waals surface area contributed by atoms with Gasteiger partial charge in [-0.05, 0) is 32.1 Å². The molecule has 0 amide bonds. The average molecular weight is 234 g/mol. The highest BCUT2D eigenvalue weighted by Gasteiger charge is 2.46. The maximum Gasteiger partial charge on any atom is 0.0575 e. The van der Waals surface area contributed by atoms with E-state index in [0.717, 1.165) is 13.2 Å². The summed E-state index contributed by atoms with van der Waals surface area (Å²) in [5.74, 6) is 0. The highest BCUT2D eigenvalue weighted by Crippen LogP contribution is 2.43. The van der Waals surface area contributed by atoms with Gasteiger partial charge in [0.15, 0.2) is 0 Å². The molecular formula is C14H22N2O. The second-order valence-corrected chi connectivity index (χ2v) is 5.28. The van der Waals surface area contributed by atoms with Gasteiger partial charge in [-0.15, -0.1) is 0 Å². The first kappa shape index (κ1) is 12.6. The van der Waals surface area contributed by atoms with Crippen molar-refractivity contribution in [3.8, 4) is 0 Å². The molecule has 0 saturated carbocycles. The summed E-state index contributed by atoms with van der Waals surface area (Å²) in [6, 6.07) is 8.88. The summed E-state index contributed by atoms with van der Waals surface area (Å²) >= 11 is 0. The van der Waals surface area contributed by atoms with Crippen LogP contribution in [0, 0.1) is 12.3 Å². The molecule has 1 saturated heterocycles. The Hall–Kier alpha value is -0.900. The number of benzene rings is 1. The Balaban J connectivity index is 2.39. The van der Waals surface area contributed by atoms with E-state index in [0.29, 0.717) is 12.6 Å². The lowest BCUT2D eigenvalue weighted by Crippen LogP contribution is -2.55. The zero-order chi connectivity index (χ0) is 12.5. The number of rotatable bonds is 4. The molecule has 1 unspecified atom stereocenters. The Morgan fingerprint density at radius 3 is 2.41 bits per heavy atom. The van der Waals surface area contributed by atoms with Gasteiger partial charge in [-0.2, -0.15) is 0 Å². The maximum absolute atomic E-state index is 5.99. The lowest BCUT2D eigenvalue weighted by molar-refractivity contribution is -0.145. The number of hydrogen-bond donors (Lipinski definition) is 1. The van der Waals surface area contributed by atoms with Crippen molar-refractivity contribution >= 4 is 0 Å². The maximum atomic E-state index is 5.99. The van der Waals surface area contributed by atoms with E-state index < -0.39 is 0 Å². The number of nitrogens with two attached hydrogens (primary N) is 1. The van der Waals surface area contributed by atoms with E-state index >= 15 is 0 Å². The number of nitrogens with zero attached hydrogens (tertiary/aromatic N) is 1. The van der Waals surface area contributed by atoms with E-state index in [9.17, 15) is 0 Å². The molecule has 1 fully saturated rings. The largest absolute Gasteiger partial charge is 0.380 e. The summed E-state index contributed by atoms with van der Waals surface area (Å²) in [6.45, 7) is 4.36. The van der Waals surface area contributed by atoms with Gasteiger partial charge in [-0.1, -0.05) is 24.3 Å². The summed E-state index contributed by atoms with van der Waals surface area (Å²) in [7, 11) is 4.24. The number of aryl methyl sites for hydroxylation is 1. The first-order chi connectivity index (χ1) is 8.10. The van der Waals surface area contributed by atoms with Gasteiger partial charge in [0.05, 0.1) is 13.2 Å². The van der Waals surface area contributed by atoms with Gasteiger partial charge in [-0.25, -0.2) is 0 Å². The van der Waals surface area contributed by atoms with Crippen LogP contribution >= 0.6 is 0 Å². The lowest BCUT2D eigenvalue weighted by Gasteiger charge is -2.49. The van der Waals surface area contributed by atoms with Gasteiger partial charge in [0.2, 0.25) is 0 Å². The number of hydrogen-bond acceptors (Lipinski definition) is 3. The van der Waals surface area contributed by atoms with Crippen molar-refractivity contribution in [1.29, 1.82) is 0 Å². The van der Waals surface area contributed by atoms with Crippen LogP contribution in [0.1, 0.15) is 17.2 Å². The minimum atomic E-state index is 0.0790. The molecule has 0 spiro atoms. The molecule has 0 bridgehead atoms. The minimum Gasteiger partial charge on any atom is -0.380 e. The molecule has 2 N–H and O–H groups in total. The normalized spacial score (nSPS) is 20.1. The Labute approximate surface area is 104 Å². The van der Waals surface area contributed by atoms with Crippen LogP contribution in [0.5, 0.6) is 0 Å². The van der Waals surface area contributed by atoms with E-state index in [1.807, 2.05) is 0 Å². The molecule has 3 heteroatoms. The van der Waals surface area contributed by atoms with E-state index in [-0.39, 0.29) is 5.41 Å². The first-order valence-corrected chi connectivity index (χ1v) is 6.10. The molecule has 1 aliphatic rings. The molecule has 1 aromatic carbocycles. The second kappa shape index (κ2) is 4.77. The fourth-order valence-electron chi connectivity index (χ4n) is 2.80. The quantitative estimate of drug-likeness (QED) is 0.859. The zero-order valence-electron chi connectivity index (χ0n) is 10.9. The van der Waals surface area contributed by atoms with Crippen LogP contribution in [0.3, 0.4) is 0 Å². The smallest absolute Gasteiger partial charge is 0.0575 e. The molecule has 0 aromatic heterocycles. The Morgan fingerprint density at radius 2 is 2.00 bits per heavy atom. The van der Waals surface area contributed by atoms with Crippen LogP contribution in [-0.2, 0) is 4.74 Å². The summed E-state index contributed by atoms with van der Waals surface area (Å²) in [5, 5.41) is 0. The third kappa shape index (κ3) is 2.10. The molecule has 3 nitrogen and oxygen atoms in total. The molecular weight excluding hydrogens is 212 g/mol. The van der Waals surface area contributed by atoms with Crippen molar-refractivity contribution in [3.05, 3.63) is 35.4 Å². The van der Waals surface area contributed by atoms with Gasteiger partial charge in [-0.3, -0.25) is 0 Å². The molecule has 2 rings (SSSR count). The molecule has 94 valence electrons. The van der Waals surface area contributed by atoms with Crippen molar-refractivity contribution in [1.82, 2.24) is 4.90 Å². The van der Waals surface area contributed by atoms with Crippen LogP contribution in [-0.4, -0.2) is 38.8 Å². The summed E-state index contributed by atoms with van der Waals surface area (Å²) in [5.41, 5.74) is 8.76. The molecule has 1 aromatic rings. The Kier molecular flexibility index (Phi) is 3.52. The van der Waals surface area contributed by atoms with Crippen molar-refractivity contribution in [2.75, 3.05) is 33.9 Å². The van der Waals surface area contributed by atoms with Crippen LogP contribution < -0.4 is 5.73 Å². The summed E-state index contributed by atoms with van der Waals surface area (Å²) in [6.07, 6.45) is 0. The molecule has 0 aliphatic carbocycles. The topological polar surface area (TPSA) is 38.5 Å². The van der Waals surface area contributed by atoms with Crippen molar-refractivity contribution in [3.63, 3.8) is 0 Å². The predicted octanol–water partition coefficient (Wildman–Crippen LogP) is 1.57. The van der Waals surface area contributed by atoms with Gasteiger partial charge in [0.25, 0.3) is 0 Å². The molecule has 1 heterocycles. The van der Waals surface area contributed by atoms with Gasteiger partial charge in [0.1, 0.15) is 0 Å². The van der Waals surface area contributed by atoms with Gasteiger partial charge >= 0.3 is 0 Å². The van der Waals surface area contributed by atoms with E-state index in [1.54, 1.807) is 0 Å². The third-order valence-electron chi connectivity index (χ3n) is 3.77. The lowest BCUT2D eigenvalue weighted by atomic mass is 9.73. The first-order valence-electron chi connectivity index (χ1n) is 6.10. The third-order valence-corrected chi connectivity index (χ3v) is 3.77. The Morgan fingerprint density at radius 1 is 1.35 bits per heavy atom. The fraction of sp³-hybridized carbons (Fsp3) is 0.571. The molecule has 17 heavy (non-hydrogen) atoms. The zero-order valence-corrected chi connectivity index (χ0v) is 10.9. The predicted molar refractivity (Wildman–Crippen MR) is 69.9 cm³/mol. The highest BCUT2D eigenvalue weighted by molar-refractivity contribution is 5.31. The van der Waals surface area contributed by atoms with Gasteiger partial charge in [0, 0.05) is 18.0 Å². The minimum absolute atomic E-state index is 0.0790. The van der Waals surface area contributed by atoms with Crippen LogP contribution in [0.25, 0.3) is 0 Å². The standard InChI is InChI=1S/C14H22N2O/c1-11-6-4-5-7-12(11)13(16(2)3)14(8-15)9-17-10-14/h4-7,13H,8-10,15H2,1-3H3. The van der Waals surface area contributed by atoms with Crippen LogP contribution in [0.15, 0.2) is 24.3 Å². The van der Waals surface area contributed by atoms with Crippen LogP contribution in [0.4, 0.5) is 0 Å². The molecule has 1 aliphatic heterocycles. The average Bonchev–Trinajstić information content (AvgIpc) is 2.24. The van der Waals surface area contributed by atoms with E-state index in [4.69, 9.17) is 10.5 Å².